The Hall–Kier alpha value is -1.02. The van der Waals surface area contributed by atoms with Gasteiger partial charge in [-0.3, -0.25) is 4.79 Å². The van der Waals surface area contributed by atoms with Crippen LogP contribution in [0.15, 0.2) is 48.6 Å². The van der Waals surface area contributed by atoms with Gasteiger partial charge in [-0.2, -0.15) is 0 Å². The van der Waals surface area contributed by atoms with E-state index in [0.29, 0.717) is 5.12 Å². The molecule has 0 rings (SSSR count). The second kappa shape index (κ2) is 34.8. The third-order valence-electron chi connectivity index (χ3n) is 8.75. The van der Waals surface area contributed by atoms with Crippen LogP contribution < -0.4 is 0 Å². The van der Waals surface area contributed by atoms with Crippen LogP contribution >= 0.6 is 11.8 Å². The molecule has 0 aliphatic heterocycles. The van der Waals surface area contributed by atoms with Crippen molar-refractivity contribution in [1.82, 2.24) is 0 Å². The van der Waals surface area contributed by atoms with E-state index in [4.69, 9.17) is 0 Å². The number of hydrogen-bond donors (Lipinski definition) is 0. The lowest BCUT2D eigenvalue weighted by Crippen LogP contribution is -2.30. The molecule has 44 heavy (non-hydrogen) atoms. The molecule has 0 radical (unpaired) electrons. The zero-order valence-electron chi connectivity index (χ0n) is 30.2. The van der Waals surface area contributed by atoms with Gasteiger partial charge in [0.15, 0.2) is 5.12 Å². The molecule has 0 bridgehead atoms. The lowest BCUT2D eigenvalue weighted by atomic mass is 9.75. The minimum Gasteiger partial charge on any atom is -0.287 e. The fraction of sp³-hybridized carbons (Fsp3) is 0.786. The van der Waals surface area contributed by atoms with Crippen molar-refractivity contribution in [3.05, 3.63) is 48.6 Å². The lowest BCUT2D eigenvalue weighted by Gasteiger charge is -2.33. The normalized spacial score (nSPS) is 12.6. The van der Waals surface area contributed by atoms with Crippen molar-refractivity contribution in [1.29, 1.82) is 0 Å². The summed E-state index contributed by atoms with van der Waals surface area (Å²) in [6.07, 6.45) is 51.5. The monoisotopic (exact) mass is 629 g/mol. The Morgan fingerprint density at radius 3 is 1.02 bits per heavy atom. The largest absolute Gasteiger partial charge is 0.287 e. The summed E-state index contributed by atoms with van der Waals surface area (Å²) < 4.78 is 0. The average Bonchev–Trinajstić information content (AvgIpc) is 3.03. The Morgan fingerprint density at radius 2 is 0.705 bits per heavy atom. The number of hydrogen-bond acceptors (Lipinski definition) is 2. The Bertz CT molecular complexity index is 651. The number of unbranched alkanes of at least 4 members (excludes halogenated alkanes) is 16. The third kappa shape index (κ3) is 27.3. The van der Waals surface area contributed by atoms with Crippen molar-refractivity contribution in [2.45, 2.75) is 201 Å². The Balaban J connectivity index is 5.18. The molecule has 0 amide bonds. The fourth-order valence-electron chi connectivity index (χ4n) is 5.86. The Labute approximate surface area is 281 Å². The maximum atomic E-state index is 14.1. The first-order valence-electron chi connectivity index (χ1n) is 19.4. The number of carbonyl (C=O) groups is 1. The van der Waals surface area contributed by atoms with Crippen LogP contribution in [0, 0.1) is 5.41 Å². The van der Waals surface area contributed by atoms with Gasteiger partial charge in [0, 0.05) is 11.2 Å². The van der Waals surface area contributed by atoms with E-state index in [1.807, 2.05) is 0 Å². The highest BCUT2D eigenvalue weighted by molar-refractivity contribution is 8.13. The van der Waals surface area contributed by atoms with Gasteiger partial charge in [-0.25, -0.2) is 0 Å². The number of thioether (sulfide) groups is 1. The van der Waals surface area contributed by atoms with Crippen LogP contribution in [0.4, 0.5) is 0 Å². The number of allylic oxidation sites excluding steroid dienone is 8. The van der Waals surface area contributed by atoms with E-state index in [9.17, 15) is 4.79 Å². The van der Waals surface area contributed by atoms with E-state index in [-0.39, 0.29) is 5.41 Å². The molecule has 256 valence electrons. The molecule has 0 aromatic carbocycles. The summed E-state index contributed by atoms with van der Waals surface area (Å²) in [4.78, 5) is 14.1. The molecule has 0 saturated carbocycles. The Morgan fingerprint density at radius 1 is 0.409 bits per heavy atom. The molecule has 0 aliphatic rings. The van der Waals surface area contributed by atoms with Crippen molar-refractivity contribution in [3.8, 4) is 0 Å². The molecule has 1 nitrogen and oxygen atoms in total. The molecule has 0 fully saturated rings. The van der Waals surface area contributed by atoms with Gasteiger partial charge in [0.05, 0.1) is 0 Å². The summed E-state index contributed by atoms with van der Waals surface area (Å²) in [5, 5.41) is 0.536. The minimum absolute atomic E-state index is 0.109. The van der Waals surface area contributed by atoms with E-state index in [1.165, 1.54) is 154 Å². The highest BCUT2D eigenvalue weighted by Gasteiger charge is 2.36. The molecular formula is C42H76OS. The molecule has 2 heteroatoms. The van der Waals surface area contributed by atoms with Crippen LogP contribution in [-0.2, 0) is 4.79 Å². The molecule has 0 unspecified atom stereocenters. The maximum absolute atomic E-state index is 14.1. The smallest absolute Gasteiger partial charge is 0.195 e. The van der Waals surface area contributed by atoms with E-state index in [1.54, 1.807) is 11.8 Å². The predicted molar refractivity (Wildman–Crippen MR) is 204 cm³/mol. The van der Waals surface area contributed by atoms with Crippen LogP contribution in [0.2, 0.25) is 0 Å². The summed E-state index contributed by atoms with van der Waals surface area (Å²) in [5.74, 6) is 1.01. The molecule has 0 N–H and O–H groups in total. The van der Waals surface area contributed by atoms with Gasteiger partial charge in [0.2, 0.25) is 0 Å². The van der Waals surface area contributed by atoms with E-state index < -0.39 is 0 Å². The molecule has 0 aromatic rings. The zero-order chi connectivity index (χ0) is 32.2. The SMILES string of the molecule is CCC/C=C/CCCCCSC(=O)C(CCCCC/C=C/CCC)(CCCCC/C=C/CCC)CCCCC/C=C/CCC. The van der Waals surface area contributed by atoms with Gasteiger partial charge in [-0.05, 0) is 103 Å². The van der Waals surface area contributed by atoms with Crippen molar-refractivity contribution >= 4 is 16.9 Å². The fourth-order valence-corrected chi connectivity index (χ4v) is 7.00. The second-order valence-corrected chi connectivity index (χ2v) is 14.2. The highest BCUT2D eigenvalue weighted by atomic mass is 32.2. The molecular weight excluding hydrogens is 553 g/mol. The van der Waals surface area contributed by atoms with Crippen LogP contribution in [0.5, 0.6) is 0 Å². The summed E-state index contributed by atoms with van der Waals surface area (Å²) in [6.45, 7) is 8.98. The standard InChI is InChI=1S/C42H76OS/c1-5-9-13-17-21-25-29-33-37-42(38-34-30-26-22-18-14-10-6-2,39-35-31-27-23-19-15-11-7-3)41(43)44-40-36-32-28-24-20-16-12-8-4/h13-20H,5-12,21-40H2,1-4H3/b17-13+,18-14+,19-15+,20-16+. The average molecular weight is 629 g/mol. The van der Waals surface area contributed by atoms with Gasteiger partial charge in [0.1, 0.15) is 0 Å². The van der Waals surface area contributed by atoms with E-state index >= 15 is 0 Å². The van der Waals surface area contributed by atoms with E-state index in [2.05, 4.69) is 76.3 Å². The molecule has 0 heterocycles. The van der Waals surface area contributed by atoms with Gasteiger partial charge < -0.3 is 0 Å². The summed E-state index contributed by atoms with van der Waals surface area (Å²) in [5.41, 5.74) is -0.109. The maximum Gasteiger partial charge on any atom is 0.195 e. The van der Waals surface area contributed by atoms with Crippen LogP contribution in [0.1, 0.15) is 201 Å². The summed E-state index contributed by atoms with van der Waals surface area (Å²) in [6, 6.07) is 0. The minimum atomic E-state index is -0.109. The van der Waals surface area contributed by atoms with Gasteiger partial charge in [0.25, 0.3) is 0 Å². The molecule has 0 atom stereocenters. The van der Waals surface area contributed by atoms with Crippen molar-refractivity contribution in [3.63, 3.8) is 0 Å². The Kier molecular flexibility index (Phi) is 34.0. The van der Waals surface area contributed by atoms with Crippen LogP contribution in [0.3, 0.4) is 0 Å². The number of carbonyl (C=O) groups excluding carboxylic acids is 1. The van der Waals surface area contributed by atoms with Gasteiger partial charge in [-0.15, -0.1) is 0 Å². The molecule has 0 aliphatic carbocycles. The first-order valence-corrected chi connectivity index (χ1v) is 20.4. The van der Waals surface area contributed by atoms with Gasteiger partial charge >= 0.3 is 0 Å². The zero-order valence-corrected chi connectivity index (χ0v) is 31.1. The molecule has 0 saturated heterocycles. The lowest BCUT2D eigenvalue weighted by molar-refractivity contribution is -0.121. The molecule has 0 aromatic heterocycles. The van der Waals surface area contributed by atoms with Crippen molar-refractivity contribution < 1.29 is 4.79 Å². The second-order valence-electron chi connectivity index (χ2n) is 13.1. The van der Waals surface area contributed by atoms with Crippen LogP contribution in [-0.4, -0.2) is 10.9 Å². The first-order chi connectivity index (χ1) is 21.7. The van der Waals surface area contributed by atoms with Crippen molar-refractivity contribution in [2.24, 2.45) is 5.41 Å². The van der Waals surface area contributed by atoms with Crippen LogP contribution in [0.25, 0.3) is 0 Å². The topological polar surface area (TPSA) is 17.1 Å². The predicted octanol–water partition coefficient (Wildman–Crippen LogP) is 15.1. The van der Waals surface area contributed by atoms with E-state index in [0.717, 1.165) is 25.0 Å². The summed E-state index contributed by atoms with van der Waals surface area (Å²) >= 11 is 1.70. The van der Waals surface area contributed by atoms with Gasteiger partial charge in [-0.1, -0.05) is 159 Å². The first kappa shape index (κ1) is 43.0. The summed E-state index contributed by atoms with van der Waals surface area (Å²) in [7, 11) is 0. The quantitative estimate of drug-likeness (QED) is 0.0531. The molecule has 0 spiro atoms. The number of rotatable bonds is 33. The third-order valence-corrected chi connectivity index (χ3v) is 9.94. The highest BCUT2D eigenvalue weighted by Crippen LogP contribution is 2.42. The van der Waals surface area contributed by atoms with Crippen molar-refractivity contribution in [2.75, 3.05) is 5.75 Å².